The summed E-state index contributed by atoms with van der Waals surface area (Å²) in [5, 5.41) is 8.86. The highest BCUT2D eigenvalue weighted by molar-refractivity contribution is 9.10. The van der Waals surface area contributed by atoms with Gasteiger partial charge < -0.3 is 9.84 Å². The van der Waals surface area contributed by atoms with E-state index in [1.165, 1.54) is 24.3 Å². The Labute approximate surface area is 131 Å². The largest absolute Gasteiger partial charge is 0.488 e. The molecule has 1 N–H and O–H groups in total. The van der Waals surface area contributed by atoms with Gasteiger partial charge in [-0.15, -0.1) is 0 Å². The third-order valence-electron chi connectivity index (χ3n) is 2.57. The number of carboxylic acid groups (broad SMARTS) is 1. The van der Waals surface area contributed by atoms with E-state index in [1.54, 1.807) is 12.1 Å². The third kappa shape index (κ3) is 3.58. The monoisotopic (exact) mass is 402 g/mol. The van der Waals surface area contributed by atoms with Gasteiger partial charge in [0.1, 0.15) is 18.2 Å². The summed E-state index contributed by atoms with van der Waals surface area (Å²) >= 11 is 6.50. The van der Waals surface area contributed by atoms with E-state index in [-0.39, 0.29) is 18.0 Å². The minimum Gasteiger partial charge on any atom is -0.488 e. The van der Waals surface area contributed by atoms with Crippen LogP contribution in [0.2, 0.25) is 0 Å². The van der Waals surface area contributed by atoms with E-state index in [1.807, 2.05) is 0 Å². The molecule has 0 aliphatic rings. The molecule has 2 aromatic carbocycles. The smallest absolute Gasteiger partial charge is 0.335 e. The maximum atomic E-state index is 13.6. The minimum absolute atomic E-state index is 0.0519. The maximum absolute atomic E-state index is 13.6. The van der Waals surface area contributed by atoms with Gasteiger partial charge in [0, 0.05) is 10.0 Å². The van der Waals surface area contributed by atoms with E-state index in [0.717, 1.165) is 4.47 Å². The molecule has 0 spiro atoms. The van der Waals surface area contributed by atoms with E-state index in [9.17, 15) is 9.18 Å². The summed E-state index contributed by atoms with van der Waals surface area (Å²) < 4.78 is 20.3. The number of rotatable bonds is 4. The van der Waals surface area contributed by atoms with Gasteiger partial charge in [-0.2, -0.15) is 0 Å². The van der Waals surface area contributed by atoms with Crippen molar-refractivity contribution < 1.29 is 19.0 Å². The molecule has 3 nitrogen and oxygen atoms in total. The van der Waals surface area contributed by atoms with Crippen molar-refractivity contribution in [3.63, 3.8) is 0 Å². The van der Waals surface area contributed by atoms with Crippen LogP contribution >= 0.6 is 31.9 Å². The lowest BCUT2D eigenvalue weighted by molar-refractivity contribution is 0.0696. The van der Waals surface area contributed by atoms with Crippen molar-refractivity contribution in [1.82, 2.24) is 0 Å². The van der Waals surface area contributed by atoms with E-state index >= 15 is 0 Å². The molecule has 0 radical (unpaired) electrons. The predicted molar refractivity (Wildman–Crippen MR) is 79.5 cm³/mol. The SMILES string of the molecule is O=C(O)c1ccc(OCc2cc(Br)ccc2F)c(Br)c1. The van der Waals surface area contributed by atoms with Gasteiger partial charge in [-0.3, -0.25) is 0 Å². The number of carbonyl (C=O) groups is 1. The Bertz CT molecular complexity index is 659. The van der Waals surface area contributed by atoms with E-state index in [4.69, 9.17) is 9.84 Å². The molecule has 0 amide bonds. The quantitative estimate of drug-likeness (QED) is 0.809. The molecule has 2 aromatic rings. The van der Waals surface area contributed by atoms with Gasteiger partial charge in [0.2, 0.25) is 0 Å². The summed E-state index contributed by atoms with van der Waals surface area (Å²) in [6.07, 6.45) is 0. The molecule has 0 bridgehead atoms. The first-order chi connectivity index (χ1) is 9.47. The van der Waals surface area contributed by atoms with Gasteiger partial charge in [-0.25, -0.2) is 9.18 Å². The van der Waals surface area contributed by atoms with Crippen LogP contribution in [-0.2, 0) is 6.61 Å². The number of benzene rings is 2. The van der Waals surface area contributed by atoms with Gasteiger partial charge in [0.25, 0.3) is 0 Å². The lowest BCUT2D eigenvalue weighted by atomic mass is 10.2. The van der Waals surface area contributed by atoms with Crippen molar-refractivity contribution in [2.75, 3.05) is 0 Å². The number of ether oxygens (including phenoxy) is 1. The Morgan fingerprint density at radius 1 is 1.20 bits per heavy atom. The highest BCUT2D eigenvalue weighted by atomic mass is 79.9. The van der Waals surface area contributed by atoms with E-state index < -0.39 is 5.97 Å². The molecule has 0 aromatic heterocycles. The van der Waals surface area contributed by atoms with Gasteiger partial charge in [0.05, 0.1) is 10.0 Å². The number of hydrogen-bond acceptors (Lipinski definition) is 2. The van der Waals surface area contributed by atoms with Crippen molar-refractivity contribution in [2.45, 2.75) is 6.61 Å². The molecule has 0 heterocycles. The van der Waals surface area contributed by atoms with Crippen molar-refractivity contribution in [2.24, 2.45) is 0 Å². The van der Waals surface area contributed by atoms with Crippen LogP contribution in [0.25, 0.3) is 0 Å². The average Bonchev–Trinajstić information content (AvgIpc) is 2.40. The zero-order valence-corrected chi connectivity index (χ0v) is 13.2. The Hall–Kier alpha value is -1.40. The standard InChI is InChI=1S/C14H9Br2FO3/c15-10-2-3-12(17)9(5-10)7-20-13-4-1-8(14(18)19)6-11(13)16/h1-6H,7H2,(H,18,19). The fourth-order valence-corrected chi connectivity index (χ4v) is 2.46. The molecule has 20 heavy (non-hydrogen) atoms. The number of aromatic carboxylic acids is 1. The van der Waals surface area contributed by atoms with Gasteiger partial charge in [-0.1, -0.05) is 15.9 Å². The van der Waals surface area contributed by atoms with Crippen LogP contribution < -0.4 is 4.74 Å². The summed E-state index contributed by atoms with van der Waals surface area (Å²) in [7, 11) is 0. The normalized spacial score (nSPS) is 10.3. The number of hydrogen-bond donors (Lipinski definition) is 1. The van der Waals surface area contributed by atoms with Crippen LogP contribution in [0.4, 0.5) is 4.39 Å². The maximum Gasteiger partial charge on any atom is 0.335 e. The third-order valence-corrected chi connectivity index (χ3v) is 3.68. The molecule has 0 aliphatic heterocycles. The second-order valence-electron chi connectivity index (χ2n) is 3.97. The molecular formula is C14H9Br2FO3. The van der Waals surface area contributed by atoms with E-state index in [0.29, 0.717) is 15.8 Å². The molecule has 0 aliphatic carbocycles. The lowest BCUT2D eigenvalue weighted by Gasteiger charge is -2.10. The highest BCUT2D eigenvalue weighted by Gasteiger charge is 2.09. The first-order valence-electron chi connectivity index (χ1n) is 5.57. The molecule has 0 saturated heterocycles. The van der Waals surface area contributed by atoms with Crippen LogP contribution in [0.1, 0.15) is 15.9 Å². The molecule has 2 rings (SSSR count). The number of halogens is 3. The molecule has 0 atom stereocenters. The number of carboxylic acids is 1. The van der Waals surface area contributed by atoms with Crippen molar-refractivity contribution in [1.29, 1.82) is 0 Å². The topological polar surface area (TPSA) is 46.5 Å². The zero-order valence-electron chi connectivity index (χ0n) is 10.1. The van der Waals surface area contributed by atoms with Crippen LogP contribution in [0.5, 0.6) is 5.75 Å². The van der Waals surface area contributed by atoms with Crippen molar-refractivity contribution in [3.8, 4) is 5.75 Å². The van der Waals surface area contributed by atoms with E-state index in [2.05, 4.69) is 31.9 Å². The second kappa shape index (κ2) is 6.37. The molecule has 0 unspecified atom stereocenters. The van der Waals surface area contributed by atoms with Gasteiger partial charge in [0.15, 0.2) is 0 Å². The Morgan fingerprint density at radius 3 is 2.60 bits per heavy atom. The first kappa shape index (κ1) is 15.0. The fourth-order valence-electron chi connectivity index (χ4n) is 1.56. The average molecular weight is 404 g/mol. The van der Waals surface area contributed by atoms with Crippen LogP contribution in [0.3, 0.4) is 0 Å². The Balaban J connectivity index is 2.15. The minimum atomic E-state index is -1.02. The molecule has 6 heteroatoms. The zero-order chi connectivity index (χ0) is 14.7. The summed E-state index contributed by atoms with van der Waals surface area (Å²) in [6.45, 7) is 0.0519. The molecule has 104 valence electrons. The lowest BCUT2D eigenvalue weighted by Crippen LogP contribution is -2.01. The summed E-state index contributed by atoms with van der Waals surface area (Å²) in [6, 6.07) is 8.99. The fraction of sp³-hybridized carbons (Fsp3) is 0.0714. The van der Waals surface area contributed by atoms with Crippen LogP contribution in [-0.4, -0.2) is 11.1 Å². The molecule has 0 fully saturated rings. The summed E-state index contributed by atoms with van der Waals surface area (Å²) in [5.41, 5.74) is 0.562. The van der Waals surface area contributed by atoms with Crippen molar-refractivity contribution >= 4 is 37.8 Å². The van der Waals surface area contributed by atoms with Gasteiger partial charge >= 0.3 is 5.97 Å². The summed E-state index contributed by atoms with van der Waals surface area (Å²) in [5.74, 6) is -0.920. The Kier molecular flexibility index (Phi) is 4.77. The van der Waals surface area contributed by atoms with Crippen LogP contribution in [0.15, 0.2) is 45.3 Å². The second-order valence-corrected chi connectivity index (χ2v) is 5.74. The Morgan fingerprint density at radius 2 is 1.95 bits per heavy atom. The molecular weight excluding hydrogens is 395 g/mol. The van der Waals surface area contributed by atoms with Gasteiger partial charge in [-0.05, 0) is 52.3 Å². The summed E-state index contributed by atoms with van der Waals surface area (Å²) in [4.78, 5) is 10.8. The van der Waals surface area contributed by atoms with Crippen molar-refractivity contribution in [3.05, 3.63) is 62.3 Å². The molecule has 0 saturated carbocycles. The van der Waals surface area contributed by atoms with Crippen LogP contribution in [0, 0.1) is 5.82 Å². The first-order valence-corrected chi connectivity index (χ1v) is 7.15. The highest BCUT2D eigenvalue weighted by Crippen LogP contribution is 2.27. The predicted octanol–water partition coefficient (Wildman–Crippen LogP) is 4.63.